The largest absolute Gasteiger partial charge is 0.378 e. The molecule has 0 saturated heterocycles. The molecule has 122 valence electrons. The van der Waals surface area contributed by atoms with Crippen molar-refractivity contribution in [3.8, 4) is 0 Å². The van der Waals surface area contributed by atoms with E-state index in [0.717, 1.165) is 5.52 Å². The second kappa shape index (κ2) is 6.40. The fourth-order valence-electron chi connectivity index (χ4n) is 3.16. The zero-order chi connectivity index (χ0) is 17.2. The van der Waals surface area contributed by atoms with Crippen molar-refractivity contribution in [2.24, 2.45) is 0 Å². The average molecular weight is 324 g/mol. The lowest BCUT2D eigenvalue weighted by Gasteiger charge is -2.11. The highest BCUT2D eigenvalue weighted by Gasteiger charge is 2.04. The van der Waals surface area contributed by atoms with E-state index in [4.69, 9.17) is 0 Å². The quantitative estimate of drug-likeness (QED) is 0.454. The Morgan fingerprint density at radius 3 is 2.40 bits per heavy atom. The van der Waals surface area contributed by atoms with Gasteiger partial charge in [0.1, 0.15) is 0 Å². The lowest BCUT2D eigenvalue weighted by atomic mass is 10.0. The molecule has 2 heteroatoms. The number of aromatic nitrogens is 1. The number of anilines is 1. The fraction of sp³-hybridized carbons (Fsp3) is 0.0870. The van der Waals surface area contributed by atoms with Crippen LogP contribution in [0.1, 0.15) is 11.1 Å². The number of benzene rings is 3. The van der Waals surface area contributed by atoms with Crippen LogP contribution in [0.5, 0.6) is 0 Å². The molecule has 3 aromatic carbocycles. The van der Waals surface area contributed by atoms with E-state index in [1.165, 1.54) is 33.0 Å². The summed E-state index contributed by atoms with van der Waals surface area (Å²) < 4.78 is 0. The van der Waals surface area contributed by atoms with Crippen molar-refractivity contribution in [2.45, 2.75) is 0 Å². The van der Waals surface area contributed by atoms with Gasteiger partial charge in [0.15, 0.2) is 0 Å². The maximum atomic E-state index is 4.54. The Kier molecular flexibility index (Phi) is 3.95. The highest BCUT2D eigenvalue weighted by atomic mass is 15.1. The standard InChI is InChI=1S/C23H20N2/c1-25(2)20-12-8-17(9-13-20)7-10-19-15-16-24-22-14-11-18-5-3-4-6-21(18)23(19)22/h3-16H,1-2H3/b10-7-. The summed E-state index contributed by atoms with van der Waals surface area (Å²) in [6.45, 7) is 0. The Morgan fingerprint density at radius 1 is 0.800 bits per heavy atom. The normalized spacial score (nSPS) is 11.4. The van der Waals surface area contributed by atoms with E-state index < -0.39 is 0 Å². The zero-order valence-corrected chi connectivity index (χ0v) is 14.5. The molecule has 1 aromatic heterocycles. The Hall–Kier alpha value is -3.13. The number of hydrogen-bond acceptors (Lipinski definition) is 2. The SMILES string of the molecule is CN(C)c1ccc(/C=C\c2ccnc3ccc4ccccc4c23)cc1. The van der Waals surface area contributed by atoms with Crippen LogP contribution in [-0.2, 0) is 0 Å². The molecule has 0 bridgehead atoms. The fourth-order valence-corrected chi connectivity index (χ4v) is 3.16. The average Bonchev–Trinajstić information content (AvgIpc) is 2.66. The van der Waals surface area contributed by atoms with Crippen LogP contribution in [0.25, 0.3) is 33.8 Å². The number of hydrogen-bond donors (Lipinski definition) is 0. The summed E-state index contributed by atoms with van der Waals surface area (Å²) in [6, 6.07) is 23.4. The van der Waals surface area contributed by atoms with E-state index in [9.17, 15) is 0 Å². The first-order valence-electron chi connectivity index (χ1n) is 8.44. The van der Waals surface area contributed by atoms with Gasteiger partial charge in [0.25, 0.3) is 0 Å². The van der Waals surface area contributed by atoms with Gasteiger partial charge >= 0.3 is 0 Å². The van der Waals surface area contributed by atoms with Gasteiger partial charge in [-0.05, 0) is 46.2 Å². The maximum Gasteiger partial charge on any atom is 0.0714 e. The van der Waals surface area contributed by atoms with Crippen molar-refractivity contribution in [1.29, 1.82) is 0 Å². The van der Waals surface area contributed by atoms with Crippen LogP contribution < -0.4 is 4.90 Å². The lowest BCUT2D eigenvalue weighted by Crippen LogP contribution is -2.07. The summed E-state index contributed by atoms with van der Waals surface area (Å²) in [5.74, 6) is 0. The number of rotatable bonds is 3. The molecule has 0 atom stereocenters. The van der Waals surface area contributed by atoms with Crippen molar-refractivity contribution in [3.63, 3.8) is 0 Å². The van der Waals surface area contributed by atoms with Crippen molar-refractivity contribution in [2.75, 3.05) is 19.0 Å². The molecular weight excluding hydrogens is 304 g/mol. The van der Waals surface area contributed by atoms with Crippen LogP contribution >= 0.6 is 0 Å². The monoisotopic (exact) mass is 324 g/mol. The molecule has 0 N–H and O–H groups in total. The minimum atomic E-state index is 1.03. The molecule has 0 saturated carbocycles. The summed E-state index contributed by atoms with van der Waals surface area (Å²) in [6.07, 6.45) is 6.23. The first kappa shape index (κ1) is 15.4. The van der Waals surface area contributed by atoms with Gasteiger partial charge < -0.3 is 4.90 Å². The number of fused-ring (bicyclic) bond motifs is 3. The predicted octanol–water partition coefficient (Wildman–Crippen LogP) is 5.62. The summed E-state index contributed by atoms with van der Waals surface area (Å²) in [4.78, 5) is 6.65. The summed E-state index contributed by atoms with van der Waals surface area (Å²) in [5.41, 5.74) is 4.62. The topological polar surface area (TPSA) is 16.1 Å². The molecule has 0 amide bonds. The molecule has 0 aliphatic heterocycles. The molecule has 0 aliphatic rings. The van der Waals surface area contributed by atoms with Crippen LogP contribution in [0.2, 0.25) is 0 Å². The third-order valence-electron chi connectivity index (χ3n) is 4.53. The summed E-state index contributed by atoms with van der Waals surface area (Å²) in [5, 5.41) is 3.70. The van der Waals surface area contributed by atoms with Crippen molar-refractivity contribution >= 4 is 39.5 Å². The second-order valence-electron chi connectivity index (χ2n) is 6.40. The van der Waals surface area contributed by atoms with E-state index >= 15 is 0 Å². The molecule has 25 heavy (non-hydrogen) atoms. The van der Waals surface area contributed by atoms with Crippen molar-refractivity contribution in [3.05, 3.63) is 84.1 Å². The molecule has 0 spiro atoms. The lowest BCUT2D eigenvalue weighted by molar-refractivity contribution is 1.13. The molecule has 0 unspecified atom stereocenters. The van der Waals surface area contributed by atoms with Gasteiger partial charge in [-0.1, -0.05) is 54.6 Å². The number of nitrogens with zero attached hydrogens (tertiary/aromatic N) is 2. The van der Waals surface area contributed by atoms with E-state index in [2.05, 4.69) is 103 Å². The van der Waals surface area contributed by atoms with Gasteiger partial charge in [-0.15, -0.1) is 0 Å². The van der Waals surface area contributed by atoms with Crippen LogP contribution in [0.15, 0.2) is 72.9 Å². The van der Waals surface area contributed by atoms with Crippen LogP contribution in [-0.4, -0.2) is 19.1 Å². The molecule has 0 fully saturated rings. The third-order valence-corrected chi connectivity index (χ3v) is 4.53. The molecule has 4 aromatic rings. The summed E-state index contributed by atoms with van der Waals surface area (Å²) >= 11 is 0. The van der Waals surface area contributed by atoms with Crippen molar-refractivity contribution < 1.29 is 0 Å². The van der Waals surface area contributed by atoms with Gasteiger partial charge in [-0.25, -0.2) is 0 Å². The minimum Gasteiger partial charge on any atom is -0.378 e. The highest BCUT2D eigenvalue weighted by Crippen LogP contribution is 2.28. The molecule has 2 nitrogen and oxygen atoms in total. The molecule has 4 rings (SSSR count). The Labute approximate surface area is 148 Å². The number of pyridine rings is 1. The van der Waals surface area contributed by atoms with Crippen LogP contribution in [0, 0.1) is 0 Å². The van der Waals surface area contributed by atoms with Crippen molar-refractivity contribution in [1.82, 2.24) is 4.98 Å². The van der Waals surface area contributed by atoms with Crippen LogP contribution in [0.4, 0.5) is 5.69 Å². The van der Waals surface area contributed by atoms with Crippen LogP contribution in [0.3, 0.4) is 0 Å². The molecule has 0 radical (unpaired) electrons. The third kappa shape index (κ3) is 2.99. The molecule has 0 aliphatic carbocycles. The van der Waals surface area contributed by atoms with Gasteiger partial charge in [-0.3, -0.25) is 4.98 Å². The van der Waals surface area contributed by atoms with Gasteiger partial charge in [0, 0.05) is 31.4 Å². The van der Waals surface area contributed by atoms with Gasteiger partial charge in [-0.2, -0.15) is 0 Å². The molecule has 1 heterocycles. The Balaban J connectivity index is 1.80. The first-order chi connectivity index (χ1) is 12.2. The maximum absolute atomic E-state index is 4.54. The van der Waals surface area contributed by atoms with E-state index in [1.807, 2.05) is 6.20 Å². The van der Waals surface area contributed by atoms with E-state index in [-0.39, 0.29) is 0 Å². The predicted molar refractivity (Wildman–Crippen MR) is 109 cm³/mol. The Bertz CT molecular complexity index is 1060. The first-order valence-corrected chi connectivity index (χ1v) is 8.44. The smallest absolute Gasteiger partial charge is 0.0714 e. The minimum absolute atomic E-state index is 1.03. The van der Waals surface area contributed by atoms with Gasteiger partial charge in [0.05, 0.1) is 5.52 Å². The molecular formula is C23H20N2. The second-order valence-corrected chi connectivity index (χ2v) is 6.40. The van der Waals surface area contributed by atoms with Gasteiger partial charge in [0.2, 0.25) is 0 Å². The summed E-state index contributed by atoms with van der Waals surface area (Å²) in [7, 11) is 4.11. The zero-order valence-electron chi connectivity index (χ0n) is 14.5. The highest BCUT2D eigenvalue weighted by molar-refractivity contribution is 6.10. The van der Waals surface area contributed by atoms with E-state index in [0.29, 0.717) is 0 Å². The Morgan fingerprint density at radius 2 is 1.60 bits per heavy atom. The van der Waals surface area contributed by atoms with E-state index in [1.54, 1.807) is 0 Å².